The molecule has 0 unspecified atom stereocenters. The number of aryl methyl sites for hydroxylation is 1. The van der Waals surface area contributed by atoms with Gasteiger partial charge < -0.3 is 10.6 Å². The normalized spacial score (nSPS) is 10.4. The summed E-state index contributed by atoms with van der Waals surface area (Å²) < 4.78 is 0.780. The zero-order valence-corrected chi connectivity index (χ0v) is 17.5. The van der Waals surface area contributed by atoms with Gasteiger partial charge in [-0.05, 0) is 55.0 Å². The summed E-state index contributed by atoms with van der Waals surface area (Å²) in [7, 11) is 0. The first-order chi connectivity index (χ1) is 13.4. The molecule has 0 saturated heterocycles. The Morgan fingerprint density at radius 3 is 2.46 bits per heavy atom. The average molecular weight is 458 g/mol. The lowest BCUT2D eigenvalue weighted by atomic mass is 10.1. The van der Waals surface area contributed by atoms with Crippen molar-refractivity contribution < 1.29 is 9.59 Å². The SMILES string of the molecule is Cc1ccc(C(=O)Nc2cccc(CNC(=O)c3cc(Br)ccc3Cl)c2)cc1. The molecule has 0 aliphatic rings. The van der Waals surface area contributed by atoms with Gasteiger partial charge in [-0.3, -0.25) is 9.59 Å². The van der Waals surface area contributed by atoms with Crippen LogP contribution in [0.25, 0.3) is 0 Å². The molecule has 0 fully saturated rings. The Kier molecular flexibility index (Phi) is 6.49. The van der Waals surface area contributed by atoms with Crippen LogP contribution >= 0.6 is 27.5 Å². The van der Waals surface area contributed by atoms with Crippen LogP contribution in [0.3, 0.4) is 0 Å². The Bertz CT molecular complexity index is 1020. The molecule has 0 aliphatic carbocycles. The van der Waals surface area contributed by atoms with Gasteiger partial charge in [0.25, 0.3) is 11.8 Å². The fraction of sp³-hybridized carbons (Fsp3) is 0.0909. The summed E-state index contributed by atoms with van der Waals surface area (Å²) in [6.07, 6.45) is 0. The number of carbonyl (C=O) groups is 2. The molecule has 0 heterocycles. The van der Waals surface area contributed by atoms with Crippen molar-refractivity contribution in [3.63, 3.8) is 0 Å². The summed E-state index contributed by atoms with van der Waals surface area (Å²) in [5.41, 5.74) is 3.62. The number of benzene rings is 3. The van der Waals surface area contributed by atoms with Crippen molar-refractivity contribution in [2.75, 3.05) is 5.32 Å². The standard InChI is InChI=1S/C22H18BrClN2O2/c1-14-5-7-16(8-6-14)21(27)26-18-4-2-3-15(11-18)13-25-22(28)19-12-17(23)9-10-20(19)24/h2-12H,13H2,1H3,(H,25,28)(H,26,27). The van der Waals surface area contributed by atoms with Gasteiger partial charge in [-0.25, -0.2) is 0 Å². The van der Waals surface area contributed by atoms with Crippen LogP contribution in [-0.2, 0) is 6.54 Å². The maximum absolute atomic E-state index is 12.4. The third-order valence-electron chi connectivity index (χ3n) is 4.12. The number of anilines is 1. The molecule has 3 aromatic rings. The molecule has 3 aromatic carbocycles. The molecule has 0 spiro atoms. The highest BCUT2D eigenvalue weighted by molar-refractivity contribution is 9.10. The Hall–Kier alpha value is -2.63. The third-order valence-corrected chi connectivity index (χ3v) is 4.95. The van der Waals surface area contributed by atoms with Gasteiger partial charge in [0.15, 0.2) is 0 Å². The second kappa shape index (κ2) is 9.04. The molecule has 0 saturated carbocycles. The maximum atomic E-state index is 12.4. The van der Waals surface area contributed by atoms with E-state index < -0.39 is 0 Å². The van der Waals surface area contributed by atoms with Gasteiger partial charge in [0, 0.05) is 22.3 Å². The van der Waals surface area contributed by atoms with Crippen molar-refractivity contribution in [1.29, 1.82) is 0 Å². The molecule has 0 aliphatic heterocycles. The van der Waals surface area contributed by atoms with Crippen LogP contribution in [0.5, 0.6) is 0 Å². The van der Waals surface area contributed by atoms with E-state index in [0.29, 0.717) is 28.4 Å². The van der Waals surface area contributed by atoms with Crippen LogP contribution in [0.15, 0.2) is 71.2 Å². The topological polar surface area (TPSA) is 58.2 Å². The number of halogens is 2. The van der Waals surface area contributed by atoms with E-state index in [0.717, 1.165) is 15.6 Å². The Morgan fingerprint density at radius 2 is 1.71 bits per heavy atom. The predicted octanol–water partition coefficient (Wildman–Crippen LogP) is 5.59. The first kappa shape index (κ1) is 20.1. The van der Waals surface area contributed by atoms with E-state index in [9.17, 15) is 9.59 Å². The van der Waals surface area contributed by atoms with E-state index >= 15 is 0 Å². The molecule has 0 radical (unpaired) electrons. The fourth-order valence-corrected chi connectivity index (χ4v) is 3.18. The van der Waals surface area contributed by atoms with Crippen LogP contribution in [0, 0.1) is 6.92 Å². The number of carbonyl (C=O) groups excluding carboxylic acids is 2. The quantitative estimate of drug-likeness (QED) is 0.524. The van der Waals surface area contributed by atoms with Gasteiger partial charge in [0.05, 0.1) is 10.6 Å². The van der Waals surface area contributed by atoms with Crippen molar-refractivity contribution in [3.8, 4) is 0 Å². The summed E-state index contributed by atoms with van der Waals surface area (Å²) in [5.74, 6) is -0.442. The Morgan fingerprint density at radius 1 is 0.964 bits per heavy atom. The minimum absolute atomic E-state index is 0.179. The fourth-order valence-electron chi connectivity index (χ4n) is 2.62. The maximum Gasteiger partial charge on any atom is 0.255 e. The lowest BCUT2D eigenvalue weighted by Gasteiger charge is -2.10. The molecular weight excluding hydrogens is 440 g/mol. The molecular formula is C22H18BrClN2O2. The van der Waals surface area contributed by atoms with E-state index in [1.54, 1.807) is 30.3 Å². The summed E-state index contributed by atoms with van der Waals surface area (Å²) in [6.45, 7) is 2.29. The smallest absolute Gasteiger partial charge is 0.255 e. The molecule has 0 bridgehead atoms. The first-order valence-corrected chi connectivity index (χ1v) is 9.80. The van der Waals surface area contributed by atoms with E-state index in [4.69, 9.17) is 11.6 Å². The molecule has 2 amide bonds. The van der Waals surface area contributed by atoms with Gasteiger partial charge in [0.2, 0.25) is 0 Å². The molecule has 2 N–H and O–H groups in total. The number of hydrogen-bond acceptors (Lipinski definition) is 2. The summed E-state index contributed by atoms with van der Waals surface area (Å²) in [4.78, 5) is 24.7. The highest BCUT2D eigenvalue weighted by Gasteiger charge is 2.11. The van der Waals surface area contributed by atoms with E-state index in [1.165, 1.54) is 0 Å². The van der Waals surface area contributed by atoms with Gasteiger partial charge >= 0.3 is 0 Å². The highest BCUT2D eigenvalue weighted by Crippen LogP contribution is 2.21. The van der Waals surface area contributed by atoms with Gasteiger partial charge in [0.1, 0.15) is 0 Å². The van der Waals surface area contributed by atoms with Crippen molar-refractivity contribution in [3.05, 3.63) is 98.5 Å². The molecule has 142 valence electrons. The van der Waals surface area contributed by atoms with E-state index in [-0.39, 0.29) is 11.8 Å². The zero-order valence-electron chi connectivity index (χ0n) is 15.1. The minimum Gasteiger partial charge on any atom is -0.348 e. The van der Waals surface area contributed by atoms with Crippen LogP contribution in [0.2, 0.25) is 5.02 Å². The number of nitrogens with one attached hydrogen (secondary N) is 2. The number of rotatable bonds is 5. The summed E-state index contributed by atoms with van der Waals surface area (Å²) in [6, 6.07) is 19.8. The van der Waals surface area contributed by atoms with Gasteiger partial charge in [-0.2, -0.15) is 0 Å². The van der Waals surface area contributed by atoms with Crippen LogP contribution < -0.4 is 10.6 Å². The molecule has 4 nitrogen and oxygen atoms in total. The summed E-state index contributed by atoms with van der Waals surface area (Å²) in [5, 5.41) is 6.11. The van der Waals surface area contributed by atoms with Gasteiger partial charge in [-0.15, -0.1) is 0 Å². The lowest BCUT2D eigenvalue weighted by molar-refractivity contribution is 0.0950. The second-order valence-corrected chi connectivity index (χ2v) is 7.65. The van der Waals surface area contributed by atoms with Gasteiger partial charge in [-0.1, -0.05) is 57.4 Å². The van der Waals surface area contributed by atoms with E-state index in [2.05, 4.69) is 26.6 Å². The molecule has 0 aromatic heterocycles. The molecule has 28 heavy (non-hydrogen) atoms. The largest absolute Gasteiger partial charge is 0.348 e. The van der Waals surface area contributed by atoms with Crippen molar-refractivity contribution in [1.82, 2.24) is 5.32 Å². The minimum atomic E-state index is -0.264. The predicted molar refractivity (Wildman–Crippen MR) is 116 cm³/mol. The first-order valence-electron chi connectivity index (χ1n) is 8.62. The lowest BCUT2D eigenvalue weighted by Crippen LogP contribution is -2.23. The van der Waals surface area contributed by atoms with Crippen LogP contribution in [0.1, 0.15) is 31.8 Å². The molecule has 3 rings (SSSR count). The third kappa shape index (κ3) is 5.21. The second-order valence-electron chi connectivity index (χ2n) is 6.33. The highest BCUT2D eigenvalue weighted by atomic mass is 79.9. The Balaban J connectivity index is 1.64. The van der Waals surface area contributed by atoms with Crippen molar-refractivity contribution in [2.45, 2.75) is 13.5 Å². The molecule has 0 atom stereocenters. The monoisotopic (exact) mass is 456 g/mol. The van der Waals surface area contributed by atoms with Crippen LogP contribution in [0.4, 0.5) is 5.69 Å². The average Bonchev–Trinajstić information content (AvgIpc) is 2.68. The number of hydrogen-bond donors (Lipinski definition) is 2. The van der Waals surface area contributed by atoms with Crippen molar-refractivity contribution >= 4 is 45.0 Å². The number of amides is 2. The van der Waals surface area contributed by atoms with E-state index in [1.807, 2.05) is 43.3 Å². The molecule has 6 heteroatoms. The zero-order chi connectivity index (χ0) is 20.1. The Labute approximate surface area is 177 Å². The van der Waals surface area contributed by atoms with Crippen LogP contribution in [-0.4, -0.2) is 11.8 Å². The van der Waals surface area contributed by atoms with Crippen molar-refractivity contribution in [2.24, 2.45) is 0 Å². The summed E-state index contributed by atoms with van der Waals surface area (Å²) >= 11 is 9.43.